The van der Waals surface area contributed by atoms with Crippen LogP contribution in [0.4, 0.5) is 16.6 Å². The standard InChI is InChI=1S/C11H15N5OS/c1-2-6-7(12-3-1)15-9-11(17-6)18-10-8(16-9)13-4-5-14-10/h12-16H,1-5H2. The van der Waals surface area contributed by atoms with Gasteiger partial charge in [0.2, 0.25) is 4.73 Å². The van der Waals surface area contributed by atoms with Crippen molar-refractivity contribution in [2.75, 3.05) is 35.6 Å². The molecule has 96 valence electrons. The minimum Gasteiger partial charge on any atom is -0.443 e. The molecule has 0 atom stereocenters. The van der Waals surface area contributed by atoms with E-state index < -0.39 is 0 Å². The van der Waals surface area contributed by atoms with E-state index in [1.807, 2.05) is 0 Å². The van der Waals surface area contributed by atoms with Crippen LogP contribution in [0.25, 0.3) is 0 Å². The highest BCUT2D eigenvalue weighted by Gasteiger charge is 2.14. The lowest BCUT2D eigenvalue weighted by atomic mass is 10.2. The van der Waals surface area contributed by atoms with Gasteiger partial charge in [0.05, 0.1) is 0 Å². The highest BCUT2D eigenvalue weighted by Crippen LogP contribution is 2.29. The minimum absolute atomic E-state index is 0.896. The molecule has 4 aliphatic rings. The Morgan fingerprint density at radius 2 is 1.78 bits per heavy atom. The lowest BCUT2D eigenvalue weighted by molar-refractivity contribution is 0.458. The average molecular weight is 265 g/mol. The fourth-order valence-electron chi connectivity index (χ4n) is 2.33. The Hall–Kier alpha value is -1.76. The number of rotatable bonds is 0. The fraction of sp³-hybridized carbons (Fsp3) is 0.455. The molecule has 0 aromatic rings. The number of aromatic amines is 2. The lowest BCUT2D eigenvalue weighted by Crippen LogP contribution is -2.21. The largest absolute Gasteiger partial charge is 0.443 e. The summed E-state index contributed by atoms with van der Waals surface area (Å²) < 4.78 is 6.87. The molecule has 4 aliphatic heterocycles. The van der Waals surface area contributed by atoms with Crippen molar-refractivity contribution in [3.8, 4) is 0 Å². The van der Waals surface area contributed by atoms with Crippen LogP contribution >= 0.6 is 11.3 Å². The summed E-state index contributed by atoms with van der Waals surface area (Å²) in [6, 6.07) is 0. The van der Waals surface area contributed by atoms with Crippen LogP contribution in [0.5, 0.6) is 0 Å². The minimum atomic E-state index is 0.896. The number of hydrogen-bond acceptors (Lipinski definition) is 5. The number of aryl methyl sites for hydroxylation is 1. The molecule has 0 radical (unpaired) electrons. The van der Waals surface area contributed by atoms with E-state index in [9.17, 15) is 0 Å². The van der Waals surface area contributed by atoms with Gasteiger partial charge in [-0.15, -0.1) is 0 Å². The summed E-state index contributed by atoms with van der Waals surface area (Å²) in [5, 5.41) is 11.2. The second kappa shape index (κ2) is 3.88. The maximum absolute atomic E-state index is 5.98. The van der Waals surface area contributed by atoms with Crippen LogP contribution in [-0.2, 0) is 6.42 Å². The summed E-state index contributed by atoms with van der Waals surface area (Å²) in [5.41, 5.74) is 0.920. The van der Waals surface area contributed by atoms with E-state index in [0.717, 1.165) is 65.1 Å². The van der Waals surface area contributed by atoms with Gasteiger partial charge in [0, 0.05) is 26.1 Å². The molecule has 0 aliphatic carbocycles. The summed E-state index contributed by atoms with van der Waals surface area (Å²) >= 11 is 1.63. The van der Waals surface area contributed by atoms with Crippen molar-refractivity contribution in [1.29, 1.82) is 0 Å². The molecule has 5 N–H and O–H groups in total. The molecule has 0 unspecified atom stereocenters. The van der Waals surface area contributed by atoms with Crippen molar-refractivity contribution < 1.29 is 4.42 Å². The summed E-state index contributed by atoms with van der Waals surface area (Å²) in [6.45, 7) is 2.87. The normalized spacial score (nSPS) is 17.1. The molecule has 0 bridgehead atoms. The molecule has 0 saturated heterocycles. The van der Waals surface area contributed by atoms with E-state index in [1.54, 1.807) is 11.3 Å². The van der Waals surface area contributed by atoms with Crippen LogP contribution in [0.1, 0.15) is 12.2 Å². The van der Waals surface area contributed by atoms with Gasteiger partial charge in [0.1, 0.15) is 22.4 Å². The summed E-state index contributed by atoms with van der Waals surface area (Å²) in [6.07, 6.45) is 2.11. The first-order valence-electron chi connectivity index (χ1n) is 6.23. The van der Waals surface area contributed by atoms with E-state index in [-0.39, 0.29) is 0 Å². The molecule has 0 saturated carbocycles. The Balaban J connectivity index is 1.97. The maximum atomic E-state index is 5.98. The zero-order valence-corrected chi connectivity index (χ0v) is 10.7. The third-order valence-electron chi connectivity index (χ3n) is 3.22. The van der Waals surface area contributed by atoms with E-state index in [4.69, 9.17) is 4.42 Å². The van der Waals surface area contributed by atoms with E-state index in [2.05, 4.69) is 25.9 Å². The van der Waals surface area contributed by atoms with Crippen LogP contribution < -0.4 is 16.0 Å². The van der Waals surface area contributed by atoms with Crippen molar-refractivity contribution in [2.24, 2.45) is 0 Å². The Bertz CT molecular complexity index is 565. The van der Waals surface area contributed by atoms with Crippen molar-refractivity contribution in [3.63, 3.8) is 0 Å². The molecule has 18 heavy (non-hydrogen) atoms. The number of fused-ring (bicyclic) bond motifs is 2. The predicted octanol–water partition coefficient (Wildman–Crippen LogP) is 2.04. The second-order valence-electron chi connectivity index (χ2n) is 4.50. The van der Waals surface area contributed by atoms with Crippen LogP contribution in [0.2, 0.25) is 0 Å². The van der Waals surface area contributed by atoms with Crippen molar-refractivity contribution in [3.05, 3.63) is 16.0 Å². The summed E-state index contributed by atoms with van der Waals surface area (Å²) in [7, 11) is 0. The Labute approximate surface area is 107 Å². The van der Waals surface area contributed by atoms with Crippen molar-refractivity contribution in [1.82, 2.24) is 9.97 Å². The lowest BCUT2D eigenvalue weighted by Gasteiger charge is -2.20. The number of anilines is 3. The quantitative estimate of drug-likeness (QED) is 0.505. The third kappa shape index (κ3) is 1.54. The van der Waals surface area contributed by atoms with Gasteiger partial charge in [0.25, 0.3) is 0 Å². The number of aromatic nitrogens is 2. The molecule has 4 rings (SSSR count). The average Bonchev–Trinajstić information content (AvgIpc) is 2.42. The van der Waals surface area contributed by atoms with Gasteiger partial charge in [0.15, 0.2) is 5.48 Å². The Morgan fingerprint density at radius 3 is 2.78 bits per heavy atom. The summed E-state index contributed by atoms with van der Waals surface area (Å²) in [4.78, 5) is 6.72. The zero-order valence-electron chi connectivity index (χ0n) is 9.85. The number of nitrogens with one attached hydrogen (secondary N) is 5. The van der Waals surface area contributed by atoms with E-state index >= 15 is 0 Å². The first kappa shape index (κ1) is 10.2. The third-order valence-corrected chi connectivity index (χ3v) is 4.24. The Morgan fingerprint density at radius 1 is 0.944 bits per heavy atom. The maximum Gasteiger partial charge on any atom is 0.223 e. The van der Waals surface area contributed by atoms with Gasteiger partial charge in [-0.2, -0.15) is 0 Å². The van der Waals surface area contributed by atoms with Crippen molar-refractivity contribution >= 4 is 28.0 Å². The monoisotopic (exact) mass is 265 g/mol. The van der Waals surface area contributed by atoms with Gasteiger partial charge in [-0.25, -0.2) is 0 Å². The molecule has 0 aromatic heterocycles. The zero-order chi connectivity index (χ0) is 11.9. The predicted molar refractivity (Wildman–Crippen MR) is 72.0 cm³/mol. The molecule has 7 heteroatoms. The molecular formula is C11H15N5OS. The number of hydrogen-bond donors (Lipinski definition) is 5. The summed E-state index contributed by atoms with van der Waals surface area (Å²) in [5.74, 6) is 3.05. The molecule has 0 amide bonds. The van der Waals surface area contributed by atoms with E-state index in [1.165, 1.54) is 0 Å². The highest BCUT2D eigenvalue weighted by atomic mass is 32.1. The van der Waals surface area contributed by atoms with Crippen LogP contribution in [-0.4, -0.2) is 29.6 Å². The highest BCUT2D eigenvalue weighted by molar-refractivity contribution is 7.14. The van der Waals surface area contributed by atoms with Gasteiger partial charge in [-0.1, -0.05) is 11.3 Å². The topological polar surface area (TPSA) is 80.8 Å². The van der Waals surface area contributed by atoms with Gasteiger partial charge >= 0.3 is 0 Å². The smallest absolute Gasteiger partial charge is 0.223 e. The van der Waals surface area contributed by atoms with Crippen LogP contribution in [0.15, 0.2) is 4.42 Å². The molecule has 0 fully saturated rings. The fourth-order valence-corrected chi connectivity index (χ4v) is 3.26. The SMILES string of the molecule is C1CNc2[nH]c3[nH]c4c(sc=3oc2C1)NCCN4. The van der Waals surface area contributed by atoms with Crippen molar-refractivity contribution in [2.45, 2.75) is 12.8 Å². The van der Waals surface area contributed by atoms with Gasteiger partial charge in [-0.3, -0.25) is 0 Å². The molecular weight excluding hydrogens is 250 g/mol. The number of H-pyrrole nitrogens is 2. The molecule has 4 heterocycles. The molecule has 0 spiro atoms. The van der Waals surface area contributed by atoms with Crippen LogP contribution in [0.3, 0.4) is 0 Å². The van der Waals surface area contributed by atoms with E-state index in [0.29, 0.717) is 0 Å². The van der Waals surface area contributed by atoms with Gasteiger partial charge < -0.3 is 30.3 Å². The Kier molecular flexibility index (Phi) is 2.19. The van der Waals surface area contributed by atoms with Crippen LogP contribution in [0, 0.1) is 10.2 Å². The molecule has 6 nitrogen and oxygen atoms in total. The first-order valence-corrected chi connectivity index (χ1v) is 7.05. The second-order valence-corrected chi connectivity index (χ2v) is 5.49. The molecule has 0 aromatic carbocycles. The first-order chi connectivity index (χ1) is 8.90. The van der Waals surface area contributed by atoms with Gasteiger partial charge in [-0.05, 0) is 6.42 Å².